The van der Waals surface area contributed by atoms with Crippen LogP contribution in [-0.2, 0) is 4.74 Å². The maximum atomic E-state index is 6.60. The summed E-state index contributed by atoms with van der Waals surface area (Å²) >= 11 is 0. The Morgan fingerprint density at radius 3 is 2.38 bits per heavy atom. The summed E-state index contributed by atoms with van der Waals surface area (Å²) in [5, 5.41) is 0. The summed E-state index contributed by atoms with van der Waals surface area (Å²) in [7, 11) is 0. The van der Waals surface area contributed by atoms with E-state index in [4.69, 9.17) is 4.74 Å². The summed E-state index contributed by atoms with van der Waals surface area (Å²) < 4.78 is 6.60. The topological polar surface area (TPSA) is 9.23 Å². The van der Waals surface area contributed by atoms with Gasteiger partial charge < -0.3 is 4.74 Å². The van der Waals surface area contributed by atoms with Gasteiger partial charge in [0.25, 0.3) is 0 Å². The average molecular weight is 288 g/mol. The van der Waals surface area contributed by atoms with E-state index in [0.29, 0.717) is 33.9 Å². The Morgan fingerprint density at radius 1 is 0.905 bits per heavy atom. The number of hydrogen-bond donors (Lipinski definition) is 0. The van der Waals surface area contributed by atoms with Gasteiger partial charge in [-0.1, -0.05) is 34.6 Å². The lowest BCUT2D eigenvalue weighted by Gasteiger charge is -2.53. The summed E-state index contributed by atoms with van der Waals surface area (Å²) in [5.41, 5.74) is 2.25. The summed E-state index contributed by atoms with van der Waals surface area (Å²) in [6.45, 7) is 13.0. The number of rotatable bonds is 0. The number of hydrogen-bond acceptors (Lipinski definition) is 1. The van der Waals surface area contributed by atoms with Crippen LogP contribution >= 0.6 is 0 Å². The van der Waals surface area contributed by atoms with Crippen LogP contribution in [0.15, 0.2) is 0 Å². The predicted molar refractivity (Wildman–Crippen MR) is 84.9 cm³/mol. The smallest absolute Gasteiger partial charge is 0.0621 e. The molecule has 21 heavy (non-hydrogen) atoms. The van der Waals surface area contributed by atoms with Crippen LogP contribution < -0.4 is 0 Å². The predicted octanol–water partition coefficient (Wildman–Crippen LogP) is 5.04. The lowest BCUT2D eigenvalue weighted by Crippen LogP contribution is -2.50. The van der Waals surface area contributed by atoms with E-state index < -0.39 is 0 Å². The first kappa shape index (κ1) is 13.4. The molecule has 5 fully saturated rings. The van der Waals surface area contributed by atoms with E-state index >= 15 is 0 Å². The first-order chi connectivity index (χ1) is 9.75. The first-order valence-corrected chi connectivity index (χ1v) is 9.41. The Balaban J connectivity index is 1.80. The van der Waals surface area contributed by atoms with Gasteiger partial charge in [0, 0.05) is 0 Å². The molecule has 1 heteroatoms. The average Bonchev–Trinajstić information content (AvgIpc) is 2.93. The molecule has 1 nitrogen and oxygen atoms in total. The maximum absolute atomic E-state index is 6.60. The molecule has 5 rings (SSSR count). The van der Waals surface area contributed by atoms with Crippen LogP contribution in [0.1, 0.15) is 73.1 Å². The van der Waals surface area contributed by atoms with Crippen LogP contribution in [-0.4, -0.2) is 12.2 Å². The molecule has 4 aliphatic carbocycles. The minimum absolute atomic E-state index is 0.533. The quantitative estimate of drug-likeness (QED) is 0.606. The summed E-state index contributed by atoms with van der Waals surface area (Å²) in [4.78, 5) is 0. The standard InChI is InChI=1S/C20H32O/c1-12-13-6-8-18(4)9-7-15-17(2,3)11-19(5)10-14(21-13)16(12)20(15,18)19/h12-16H,6-11H2,1-5H3/t12-,13-,14+,15-,16+,18+,19-,20?/m1/s1. The Morgan fingerprint density at radius 2 is 1.62 bits per heavy atom. The molecule has 1 unspecified atom stereocenters. The second kappa shape index (κ2) is 3.40. The van der Waals surface area contributed by atoms with Gasteiger partial charge in [0.2, 0.25) is 0 Å². The van der Waals surface area contributed by atoms with E-state index in [1.165, 1.54) is 38.5 Å². The maximum Gasteiger partial charge on any atom is 0.0621 e. The van der Waals surface area contributed by atoms with Gasteiger partial charge in [0.05, 0.1) is 12.2 Å². The van der Waals surface area contributed by atoms with Crippen molar-refractivity contribution in [2.24, 2.45) is 39.4 Å². The van der Waals surface area contributed by atoms with E-state index in [1.54, 1.807) is 0 Å². The molecular formula is C20H32O. The van der Waals surface area contributed by atoms with Crippen molar-refractivity contribution in [3.63, 3.8) is 0 Å². The summed E-state index contributed by atoms with van der Waals surface area (Å²) in [6, 6.07) is 0. The number of fused-ring (bicyclic) bond motifs is 1. The highest BCUT2D eigenvalue weighted by molar-refractivity contribution is 5.29. The van der Waals surface area contributed by atoms with Crippen molar-refractivity contribution in [3.8, 4) is 0 Å². The van der Waals surface area contributed by atoms with Crippen LogP contribution in [0.5, 0.6) is 0 Å². The molecule has 0 radical (unpaired) electrons. The SMILES string of the molecule is C[C@H]1[C@H]2[C@@H]3C[C@]4(C)CC(C)(C)[C@H]5CC[C@](C)(CC[C@H]1O3)C254. The molecule has 2 bridgehead atoms. The van der Waals surface area contributed by atoms with Gasteiger partial charge in [0.1, 0.15) is 0 Å². The highest BCUT2D eigenvalue weighted by Gasteiger charge is 2.81. The molecule has 0 N–H and O–H groups in total. The van der Waals surface area contributed by atoms with Crippen LogP contribution in [0.4, 0.5) is 0 Å². The molecular weight excluding hydrogens is 256 g/mol. The van der Waals surface area contributed by atoms with Crippen molar-refractivity contribution in [1.29, 1.82) is 0 Å². The van der Waals surface area contributed by atoms with Gasteiger partial charge in [-0.3, -0.25) is 0 Å². The van der Waals surface area contributed by atoms with Crippen molar-refractivity contribution < 1.29 is 4.74 Å². The Bertz CT molecular complexity index is 510. The van der Waals surface area contributed by atoms with Crippen molar-refractivity contribution in [2.45, 2.75) is 85.4 Å². The molecule has 1 aliphatic heterocycles. The molecule has 4 saturated carbocycles. The fourth-order valence-corrected chi connectivity index (χ4v) is 9.48. The molecule has 5 aliphatic rings. The monoisotopic (exact) mass is 288 g/mol. The zero-order valence-electron chi connectivity index (χ0n) is 14.5. The zero-order valence-corrected chi connectivity index (χ0v) is 14.5. The fraction of sp³-hybridized carbons (Fsp3) is 1.00. The van der Waals surface area contributed by atoms with E-state index in [2.05, 4.69) is 34.6 Å². The lowest BCUT2D eigenvalue weighted by molar-refractivity contribution is -0.0728. The molecule has 118 valence electrons. The highest BCUT2D eigenvalue weighted by atomic mass is 16.5. The Hall–Kier alpha value is -0.0400. The van der Waals surface area contributed by atoms with Crippen LogP contribution in [0.3, 0.4) is 0 Å². The van der Waals surface area contributed by atoms with Crippen molar-refractivity contribution in [3.05, 3.63) is 0 Å². The number of ether oxygens (including phenoxy) is 1. The molecule has 8 atom stereocenters. The van der Waals surface area contributed by atoms with Crippen LogP contribution in [0.2, 0.25) is 0 Å². The second-order valence-corrected chi connectivity index (χ2v) is 10.6. The molecule has 1 spiro atoms. The minimum Gasteiger partial charge on any atom is -0.374 e. The largest absolute Gasteiger partial charge is 0.374 e. The molecule has 0 amide bonds. The zero-order chi connectivity index (χ0) is 14.8. The van der Waals surface area contributed by atoms with E-state index in [9.17, 15) is 0 Å². The molecule has 1 heterocycles. The summed E-state index contributed by atoms with van der Waals surface area (Å²) in [5.74, 6) is 2.60. The Labute approximate surface area is 130 Å². The van der Waals surface area contributed by atoms with Gasteiger partial charge in [0.15, 0.2) is 0 Å². The molecule has 0 aromatic rings. The normalized spacial score (nSPS) is 66.4. The van der Waals surface area contributed by atoms with Gasteiger partial charge in [-0.2, -0.15) is 0 Å². The minimum atomic E-state index is 0.533. The van der Waals surface area contributed by atoms with Crippen molar-refractivity contribution >= 4 is 0 Å². The summed E-state index contributed by atoms with van der Waals surface area (Å²) in [6.07, 6.45) is 9.68. The molecule has 0 aromatic carbocycles. The van der Waals surface area contributed by atoms with E-state index in [-0.39, 0.29) is 0 Å². The van der Waals surface area contributed by atoms with Gasteiger partial charge in [-0.05, 0) is 77.9 Å². The van der Waals surface area contributed by atoms with Crippen molar-refractivity contribution in [2.75, 3.05) is 0 Å². The lowest BCUT2D eigenvalue weighted by atomic mass is 9.50. The molecule has 1 saturated heterocycles. The van der Waals surface area contributed by atoms with Gasteiger partial charge in [-0.25, -0.2) is 0 Å². The Kier molecular flexibility index (Phi) is 2.17. The van der Waals surface area contributed by atoms with E-state index in [0.717, 1.165) is 17.8 Å². The third-order valence-corrected chi connectivity index (χ3v) is 9.38. The third-order valence-electron chi connectivity index (χ3n) is 9.38. The fourth-order valence-electron chi connectivity index (χ4n) is 9.48. The third kappa shape index (κ3) is 1.15. The highest BCUT2D eigenvalue weighted by Crippen LogP contribution is 2.86. The van der Waals surface area contributed by atoms with Crippen LogP contribution in [0.25, 0.3) is 0 Å². The molecule has 0 aromatic heterocycles. The first-order valence-electron chi connectivity index (χ1n) is 9.41. The second-order valence-electron chi connectivity index (χ2n) is 10.6. The van der Waals surface area contributed by atoms with Crippen molar-refractivity contribution in [1.82, 2.24) is 0 Å². The van der Waals surface area contributed by atoms with Crippen LogP contribution in [0, 0.1) is 39.4 Å². The van der Waals surface area contributed by atoms with Gasteiger partial charge >= 0.3 is 0 Å². The van der Waals surface area contributed by atoms with Gasteiger partial charge in [-0.15, -0.1) is 0 Å². The van der Waals surface area contributed by atoms with E-state index in [1.807, 2.05) is 0 Å².